The Morgan fingerprint density at radius 3 is 2.96 bits per heavy atom. The number of aromatic nitrogens is 4. The van der Waals surface area contributed by atoms with Crippen LogP contribution >= 0.6 is 11.3 Å². The molecular formula is C16H17N5O5S. The molecule has 1 aliphatic heterocycles. The van der Waals surface area contributed by atoms with E-state index in [1.165, 1.54) is 24.6 Å². The summed E-state index contributed by atoms with van der Waals surface area (Å²) in [5.74, 6) is 0.0976. The average molecular weight is 391 g/mol. The van der Waals surface area contributed by atoms with Crippen LogP contribution in [0.1, 0.15) is 13.2 Å². The minimum atomic E-state index is -1.21. The number of imidazole rings is 1. The predicted octanol–water partition coefficient (Wildman–Crippen LogP) is 0.319. The number of nitrogens with two attached hydrogens (primary N) is 1. The third-order valence-corrected chi connectivity index (χ3v) is 5.16. The van der Waals surface area contributed by atoms with E-state index in [1.807, 2.05) is 17.5 Å². The lowest BCUT2D eigenvalue weighted by molar-refractivity contribution is -0.155. The molecular weight excluding hydrogens is 374 g/mol. The summed E-state index contributed by atoms with van der Waals surface area (Å²) in [7, 11) is 0. The molecule has 0 spiro atoms. The molecule has 0 bridgehead atoms. The van der Waals surface area contributed by atoms with Gasteiger partial charge in [0.2, 0.25) is 0 Å². The van der Waals surface area contributed by atoms with Crippen molar-refractivity contribution < 1.29 is 24.5 Å². The van der Waals surface area contributed by atoms with Gasteiger partial charge in [-0.15, -0.1) is 11.3 Å². The topological polar surface area (TPSA) is 146 Å². The van der Waals surface area contributed by atoms with Gasteiger partial charge in [0.05, 0.1) is 11.5 Å². The minimum absolute atomic E-state index is 0.192. The van der Waals surface area contributed by atoms with Crippen LogP contribution in [0.5, 0.6) is 0 Å². The third kappa shape index (κ3) is 2.94. The normalized spacial score (nSPS) is 25.1. The zero-order valence-electron chi connectivity index (χ0n) is 14.2. The largest absolute Gasteiger partial charge is 0.455 e. The molecule has 0 aliphatic carbocycles. The molecule has 1 aliphatic rings. The van der Waals surface area contributed by atoms with Crippen molar-refractivity contribution in [1.29, 1.82) is 0 Å². The van der Waals surface area contributed by atoms with Crippen molar-refractivity contribution in [3.05, 3.63) is 23.8 Å². The summed E-state index contributed by atoms with van der Waals surface area (Å²) in [6.07, 6.45) is -2.84. The molecule has 142 valence electrons. The summed E-state index contributed by atoms with van der Waals surface area (Å²) in [6, 6.07) is 3.73. The molecule has 4 atom stereocenters. The van der Waals surface area contributed by atoms with Gasteiger partial charge in [-0.25, -0.2) is 15.0 Å². The maximum absolute atomic E-state index is 11.6. The lowest BCUT2D eigenvalue weighted by Crippen LogP contribution is -2.36. The first-order chi connectivity index (χ1) is 13.0. The van der Waals surface area contributed by atoms with E-state index in [1.54, 1.807) is 4.57 Å². The fourth-order valence-electron chi connectivity index (χ4n) is 3.14. The number of carbonyl (C=O) groups is 1. The van der Waals surface area contributed by atoms with Crippen molar-refractivity contribution in [1.82, 2.24) is 19.5 Å². The van der Waals surface area contributed by atoms with E-state index >= 15 is 0 Å². The maximum Gasteiger partial charge on any atom is 0.303 e. The Morgan fingerprint density at radius 1 is 1.48 bits per heavy atom. The first kappa shape index (κ1) is 17.8. The van der Waals surface area contributed by atoms with Crippen molar-refractivity contribution in [2.75, 3.05) is 12.3 Å². The standard InChI is InChI=1S/C16H17N5O5S/c1-7(23)25-12-11(24)8(5-22)26-16(12)21-14(9-3-2-4-27-9)20-10-13(17)18-6-19-15(10)21/h2-4,6,8,11-12,16,22,24H,5H2,1H3,(H2,17,18,19)/t8-,11-,12-,16-/m1/s1. The van der Waals surface area contributed by atoms with Gasteiger partial charge in [-0.1, -0.05) is 6.07 Å². The van der Waals surface area contributed by atoms with Crippen LogP contribution in [0.2, 0.25) is 0 Å². The number of aliphatic hydroxyl groups is 2. The number of hydrogen-bond acceptors (Lipinski definition) is 10. The number of rotatable bonds is 4. The minimum Gasteiger partial charge on any atom is -0.455 e. The molecule has 0 unspecified atom stereocenters. The summed E-state index contributed by atoms with van der Waals surface area (Å²) in [4.78, 5) is 25.1. The number of ether oxygens (including phenoxy) is 2. The number of nitrogen functional groups attached to an aromatic ring is 1. The number of anilines is 1. The molecule has 0 radical (unpaired) electrons. The molecule has 1 fully saturated rings. The summed E-state index contributed by atoms with van der Waals surface area (Å²) >= 11 is 1.45. The highest BCUT2D eigenvalue weighted by Gasteiger charge is 2.48. The van der Waals surface area contributed by atoms with Crippen LogP contribution in [0.4, 0.5) is 5.82 Å². The van der Waals surface area contributed by atoms with Crippen LogP contribution in [-0.2, 0) is 14.3 Å². The van der Waals surface area contributed by atoms with Crippen LogP contribution in [0, 0.1) is 0 Å². The number of esters is 1. The first-order valence-electron chi connectivity index (χ1n) is 8.15. The fraction of sp³-hybridized carbons (Fsp3) is 0.375. The monoisotopic (exact) mass is 391 g/mol. The molecule has 11 heteroatoms. The summed E-state index contributed by atoms with van der Waals surface area (Å²) in [6.45, 7) is 0.802. The zero-order chi connectivity index (χ0) is 19.1. The van der Waals surface area contributed by atoms with Gasteiger partial charge in [0.1, 0.15) is 18.5 Å². The lowest BCUT2D eigenvalue weighted by atomic mass is 10.1. The second-order valence-corrected chi connectivity index (χ2v) is 6.97. The van der Waals surface area contributed by atoms with Crippen molar-refractivity contribution >= 4 is 34.3 Å². The Bertz CT molecular complexity index is 975. The predicted molar refractivity (Wildman–Crippen MR) is 95.6 cm³/mol. The second kappa shape index (κ2) is 6.85. The van der Waals surface area contributed by atoms with Crippen LogP contribution in [0.3, 0.4) is 0 Å². The van der Waals surface area contributed by atoms with E-state index in [0.29, 0.717) is 17.0 Å². The molecule has 4 heterocycles. The van der Waals surface area contributed by atoms with Gasteiger partial charge in [-0.2, -0.15) is 0 Å². The summed E-state index contributed by atoms with van der Waals surface area (Å²) in [5, 5.41) is 21.9. The second-order valence-electron chi connectivity index (χ2n) is 6.03. The number of nitrogens with zero attached hydrogens (tertiary/aromatic N) is 4. The van der Waals surface area contributed by atoms with Crippen LogP contribution in [-0.4, -0.2) is 60.6 Å². The maximum atomic E-state index is 11.6. The Hall–Kier alpha value is -2.60. The van der Waals surface area contributed by atoms with Gasteiger partial charge in [0, 0.05) is 6.92 Å². The SMILES string of the molecule is CC(=O)O[C@@H]1[C@H](O)[C@@H](CO)O[C@H]1n1c(-c2cccs2)nc2c(N)ncnc21. The summed E-state index contributed by atoms with van der Waals surface area (Å²) in [5.41, 5.74) is 6.69. The van der Waals surface area contributed by atoms with Crippen molar-refractivity contribution in [3.63, 3.8) is 0 Å². The van der Waals surface area contributed by atoms with Gasteiger partial charge >= 0.3 is 5.97 Å². The van der Waals surface area contributed by atoms with Gasteiger partial charge in [-0.05, 0) is 11.4 Å². The fourth-order valence-corrected chi connectivity index (χ4v) is 3.85. The number of thiophene rings is 1. The molecule has 10 nitrogen and oxygen atoms in total. The molecule has 3 aromatic rings. The highest BCUT2D eigenvalue weighted by molar-refractivity contribution is 7.13. The molecule has 0 saturated carbocycles. The average Bonchev–Trinajstić information content (AvgIpc) is 3.34. The molecule has 0 aromatic carbocycles. The molecule has 4 rings (SSSR count). The molecule has 27 heavy (non-hydrogen) atoms. The van der Waals surface area contributed by atoms with Gasteiger partial charge in [0.15, 0.2) is 35.1 Å². The van der Waals surface area contributed by atoms with E-state index < -0.39 is 37.1 Å². The van der Waals surface area contributed by atoms with Crippen LogP contribution < -0.4 is 5.73 Å². The number of hydrogen-bond donors (Lipinski definition) is 3. The zero-order valence-corrected chi connectivity index (χ0v) is 15.0. The van der Waals surface area contributed by atoms with E-state index in [2.05, 4.69) is 15.0 Å². The molecule has 0 amide bonds. The van der Waals surface area contributed by atoms with E-state index in [9.17, 15) is 15.0 Å². The lowest BCUT2D eigenvalue weighted by Gasteiger charge is -2.22. The van der Waals surface area contributed by atoms with Gasteiger partial charge in [-0.3, -0.25) is 9.36 Å². The van der Waals surface area contributed by atoms with E-state index in [-0.39, 0.29) is 5.82 Å². The number of carbonyl (C=O) groups excluding carboxylic acids is 1. The van der Waals surface area contributed by atoms with Crippen molar-refractivity contribution in [2.24, 2.45) is 0 Å². The van der Waals surface area contributed by atoms with Crippen molar-refractivity contribution in [2.45, 2.75) is 31.5 Å². The quantitative estimate of drug-likeness (QED) is 0.535. The highest BCUT2D eigenvalue weighted by atomic mass is 32.1. The van der Waals surface area contributed by atoms with Crippen LogP contribution in [0.25, 0.3) is 21.9 Å². The Labute approximate surface area is 157 Å². The van der Waals surface area contributed by atoms with Crippen molar-refractivity contribution in [3.8, 4) is 10.7 Å². The Morgan fingerprint density at radius 2 is 2.30 bits per heavy atom. The summed E-state index contributed by atoms with van der Waals surface area (Å²) < 4.78 is 12.7. The molecule has 3 aromatic heterocycles. The first-order valence-corrected chi connectivity index (χ1v) is 9.03. The van der Waals surface area contributed by atoms with Crippen LogP contribution in [0.15, 0.2) is 23.8 Å². The van der Waals surface area contributed by atoms with E-state index in [4.69, 9.17) is 15.2 Å². The number of aliphatic hydroxyl groups excluding tert-OH is 2. The Kier molecular flexibility index (Phi) is 4.52. The number of fused-ring (bicyclic) bond motifs is 1. The van der Waals surface area contributed by atoms with E-state index in [0.717, 1.165) is 4.88 Å². The third-order valence-electron chi connectivity index (χ3n) is 4.30. The Balaban J connectivity index is 1.92. The molecule has 1 saturated heterocycles. The van der Waals surface area contributed by atoms with Gasteiger partial charge in [0.25, 0.3) is 0 Å². The molecule has 4 N–H and O–H groups in total. The van der Waals surface area contributed by atoms with Gasteiger partial charge < -0.3 is 25.4 Å². The smallest absolute Gasteiger partial charge is 0.303 e. The highest BCUT2D eigenvalue weighted by Crippen LogP contribution is 2.38.